The van der Waals surface area contributed by atoms with Crippen LogP contribution in [0.5, 0.6) is 11.6 Å². The fourth-order valence-corrected chi connectivity index (χ4v) is 5.39. The van der Waals surface area contributed by atoms with Crippen LogP contribution in [-0.4, -0.2) is 9.97 Å². The van der Waals surface area contributed by atoms with E-state index in [0.717, 1.165) is 28.5 Å². The molecule has 0 saturated heterocycles. The third-order valence-electron chi connectivity index (χ3n) is 4.97. The average molecular weight is 469 g/mol. The molecule has 0 aliphatic carbocycles. The smallest absolute Gasteiger partial charge is 0.417 e. The third-order valence-corrected chi connectivity index (χ3v) is 7.15. The number of alkyl halides is 3. The second kappa shape index (κ2) is 8.03. The number of hydrogen-bond donors (Lipinski definition) is 0. The van der Waals surface area contributed by atoms with Gasteiger partial charge in [-0.3, -0.25) is 0 Å². The SMILES string of the molecule is Cc1c(-c2csc(-c3ccc(Oc4ccc(C(F)(F)F)cn4)cc3)n2)sc2ccccc12. The Balaban J connectivity index is 1.34. The van der Waals surface area contributed by atoms with Gasteiger partial charge in [0.15, 0.2) is 0 Å². The van der Waals surface area contributed by atoms with Crippen molar-refractivity contribution in [3.63, 3.8) is 0 Å². The summed E-state index contributed by atoms with van der Waals surface area (Å²) < 4.78 is 44.8. The number of benzene rings is 2. The van der Waals surface area contributed by atoms with Gasteiger partial charge in [0.1, 0.15) is 10.8 Å². The maximum Gasteiger partial charge on any atom is 0.417 e. The lowest BCUT2D eigenvalue weighted by Crippen LogP contribution is -2.05. The summed E-state index contributed by atoms with van der Waals surface area (Å²) in [5.41, 5.74) is 2.31. The van der Waals surface area contributed by atoms with E-state index in [1.807, 2.05) is 24.3 Å². The number of ether oxygens (including phenoxy) is 1. The molecular formula is C24H15F3N2OS2. The maximum atomic E-state index is 12.7. The minimum Gasteiger partial charge on any atom is -0.439 e. The van der Waals surface area contributed by atoms with Crippen LogP contribution in [0.2, 0.25) is 0 Å². The molecule has 0 spiro atoms. The lowest BCUT2D eigenvalue weighted by atomic mass is 10.1. The minimum absolute atomic E-state index is 0.0996. The zero-order chi connectivity index (χ0) is 22.3. The van der Waals surface area contributed by atoms with Crippen LogP contribution in [0.4, 0.5) is 13.2 Å². The number of fused-ring (bicyclic) bond motifs is 1. The molecule has 3 aromatic heterocycles. The van der Waals surface area contributed by atoms with Crippen molar-refractivity contribution in [3.8, 4) is 32.8 Å². The molecule has 8 heteroatoms. The summed E-state index contributed by atoms with van der Waals surface area (Å²) in [5, 5.41) is 4.19. The normalized spacial score (nSPS) is 11.8. The first-order valence-corrected chi connectivity index (χ1v) is 11.3. The Morgan fingerprint density at radius 2 is 1.72 bits per heavy atom. The number of thiazole rings is 1. The van der Waals surface area contributed by atoms with Crippen molar-refractivity contribution in [2.24, 2.45) is 0 Å². The predicted octanol–water partition coefficient (Wildman–Crippen LogP) is 8.21. The zero-order valence-electron chi connectivity index (χ0n) is 16.7. The highest BCUT2D eigenvalue weighted by molar-refractivity contribution is 7.22. The van der Waals surface area contributed by atoms with Crippen molar-refractivity contribution in [1.82, 2.24) is 9.97 Å². The van der Waals surface area contributed by atoms with Gasteiger partial charge < -0.3 is 4.74 Å². The van der Waals surface area contributed by atoms with Gasteiger partial charge in [0.25, 0.3) is 0 Å². The molecule has 160 valence electrons. The predicted molar refractivity (Wildman–Crippen MR) is 122 cm³/mol. The number of nitrogens with zero attached hydrogens (tertiary/aromatic N) is 2. The lowest BCUT2D eigenvalue weighted by molar-refractivity contribution is -0.137. The summed E-state index contributed by atoms with van der Waals surface area (Å²) in [6.07, 6.45) is -3.66. The Hall–Kier alpha value is -3.23. The topological polar surface area (TPSA) is 35.0 Å². The molecule has 0 unspecified atom stereocenters. The Kier molecular flexibility index (Phi) is 5.19. The van der Waals surface area contributed by atoms with Gasteiger partial charge in [0.05, 0.1) is 16.1 Å². The lowest BCUT2D eigenvalue weighted by Gasteiger charge is -2.08. The van der Waals surface area contributed by atoms with Crippen LogP contribution in [0.15, 0.2) is 72.2 Å². The van der Waals surface area contributed by atoms with E-state index in [1.165, 1.54) is 26.6 Å². The molecule has 32 heavy (non-hydrogen) atoms. The molecular weight excluding hydrogens is 453 g/mol. The molecule has 0 aliphatic rings. The Bertz CT molecular complexity index is 1390. The van der Waals surface area contributed by atoms with Crippen molar-refractivity contribution >= 4 is 32.8 Å². The third kappa shape index (κ3) is 3.99. The number of halogens is 3. The van der Waals surface area contributed by atoms with E-state index in [0.29, 0.717) is 5.75 Å². The fraction of sp³-hybridized carbons (Fsp3) is 0.0833. The largest absolute Gasteiger partial charge is 0.439 e. The van der Waals surface area contributed by atoms with Crippen LogP contribution < -0.4 is 4.74 Å². The molecule has 5 aromatic rings. The molecule has 3 heterocycles. The first kappa shape index (κ1) is 20.7. The van der Waals surface area contributed by atoms with Gasteiger partial charge >= 0.3 is 6.18 Å². The van der Waals surface area contributed by atoms with Crippen LogP contribution in [0, 0.1) is 6.92 Å². The number of thiophene rings is 1. The minimum atomic E-state index is -4.42. The van der Waals surface area contributed by atoms with Gasteiger partial charge in [0, 0.05) is 27.9 Å². The van der Waals surface area contributed by atoms with Crippen molar-refractivity contribution < 1.29 is 17.9 Å². The zero-order valence-corrected chi connectivity index (χ0v) is 18.3. The highest BCUT2D eigenvalue weighted by Gasteiger charge is 2.30. The quantitative estimate of drug-likeness (QED) is 0.267. The Labute approximate surface area is 189 Å². The molecule has 0 amide bonds. The van der Waals surface area contributed by atoms with Crippen LogP contribution in [0.3, 0.4) is 0 Å². The van der Waals surface area contributed by atoms with E-state index in [9.17, 15) is 13.2 Å². The summed E-state index contributed by atoms with van der Waals surface area (Å²) in [4.78, 5) is 9.72. The monoisotopic (exact) mass is 468 g/mol. The van der Waals surface area contributed by atoms with Crippen LogP contribution in [-0.2, 0) is 6.18 Å². The number of aryl methyl sites for hydroxylation is 1. The van der Waals surface area contributed by atoms with Gasteiger partial charge in [-0.25, -0.2) is 9.97 Å². The number of rotatable bonds is 4. The van der Waals surface area contributed by atoms with E-state index in [-0.39, 0.29) is 5.88 Å². The van der Waals surface area contributed by atoms with Gasteiger partial charge in [-0.15, -0.1) is 22.7 Å². The summed E-state index contributed by atoms with van der Waals surface area (Å²) >= 11 is 3.30. The number of aromatic nitrogens is 2. The Morgan fingerprint density at radius 1 is 0.938 bits per heavy atom. The summed E-state index contributed by atoms with van der Waals surface area (Å²) in [6, 6.07) is 17.7. The van der Waals surface area contributed by atoms with Crippen LogP contribution in [0.25, 0.3) is 31.2 Å². The standard InChI is InChI=1S/C24H15F3N2OS2/c1-14-18-4-2-3-5-20(18)32-22(14)19-13-31-23(29-19)15-6-9-17(10-7-15)30-21-11-8-16(12-28-21)24(25,26)27/h2-13H,1H3. The molecule has 0 bridgehead atoms. The number of pyridine rings is 1. The average Bonchev–Trinajstić information content (AvgIpc) is 3.39. The number of hydrogen-bond acceptors (Lipinski definition) is 5. The molecule has 0 fully saturated rings. The molecule has 3 nitrogen and oxygen atoms in total. The first-order valence-electron chi connectivity index (χ1n) is 9.64. The van der Waals surface area contributed by atoms with E-state index in [1.54, 1.807) is 34.8 Å². The van der Waals surface area contributed by atoms with E-state index in [4.69, 9.17) is 9.72 Å². The van der Waals surface area contributed by atoms with Crippen molar-refractivity contribution in [2.75, 3.05) is 0 Å². The first-order chi connectivity index (χ1) is 15.4. The Morgan fingerprint density at radius 3 is 2.41 bits per heavy atom. The second-order valence-corrected chi connectivity index (χ2v) is 9.01. The molecule has 0 N–H and O–H groups in total. The molecule has 0 radical (unpaired) electrons. The van der Waals surface area contributed by atoms with E-state index < -0.39 is 11.7 Å². The summed E-state index contributed by atoms with van der Waals surface area (Å²) in [7, 11) is 0. The van der Waals surface area contributed by atoms with Crippen molar-refractivity contribution in [2.45, 2.75) is 13.1 Å². The molecule has 2 aromatic carbocycles. The van der Waals surface area contributed by atoms with Crippen molar-refractivity contribution in [1.29, 1.82) is 0 Å². The fourth-order valence-electron chi connectivity index (χ4n) is 3.32. The van der Waals surface area contributed by atoms with Gasteiger partial charge in [-0.2, -0.15) is 13.2 Å². The van der Waals surface area contributed by atoms with Gasteiger partial charge in [-0.05, 0) is 54.3 Å². The van der Waals surface area contributed by atoms with Crippen LogP contribution in [0.1, 0.15) is 11.1 Å². The maximum absolute atomic E-state index is 12.7. The highest BCUT2D eigenvalue weighted by atomic mass is 32.1. The summed E-state index contributed by atoms with van der Waals surface area (Å²) in [6.45, 7) is 2.12. The van der Waals surface area contributed by atoms with Crippen molar-refractivity contribution in [3.05, 3.63) is 83.4 Å². The van der Waals surface area contributed by atoms with E-state index in [2.05, 4.69) is 29.4 Å². The van der Waals surface area contributed by atoms with Gasteiger partial charge in [0.2, 0.25) is 5.88 Å². The molecule has 0 atom stereocenters. The molecule has 0 aliphatic heterocycles. The summed E-state index contributed by atoms with van der Waals surface area (Å²) in [5.74, 6) is 0.584. The molecule has 5 rings (SSSR count). The van der Waals surface area contributed by atoms with Gasteiger partial charge in [-0.1, -0.05) is 18.2 Å². The second-order valence-electron chi connectivity index (χ2n) is 7.10. The highest BCUT2D eigenvalue weighted by Crippen LogP contribution is 2.40. The van der Waals surface area contributed by atoms with E-state index >= 15 is 0 Å². The van der Waals surface area contributed by atoms with Crippen LogP contribution >= 0.6 is 22.7 Å². The molecule has 0 saturated carbocycles.